The van der Waals surface area contributed by atoms with Crippen LogP contribution in [0.4, 0.5) is 0 Å². The molecule has 0 radical (unpaired) electrons. The SMILES string of the molecule is O=Cc1ccc(C#CC#CBr)cc1. The van der Waals surface area contributed by atoms with Gasteiger partial charge in [-0.1, -0.05) is 18.1 Å². The zero-order chi connectivity index (χ0) is 9.52. The van der Waals surface area contributed by atoms with Crippen LogP contribution in [0.3, 0.4) is 0 Å². The lowest BCUT2D eigenvalue weighted by atomic mass is 10.1. The van der Waals surface area contributed by atoms with Crippen molar-refractivity contribution in [2.75, 3.05) is 0 Å². The molecule has 1 aromatic carbocycles. The molecule has 0 aliphatic heterocycles. The third-order valence-corrected chi connectivity index (χ3v) is 1.56. The second-order valence-corrected chi connectivity index (χ2v) is 2.61. The maximum atomic E-state index is 10.3. The monoisotopic (exact) mass is 232 g/mol. The first-order chi connectivity index (χ1) is 6.36. The normalized spacial score (nSPS) is 7.46. The molecule has 0 saturated carbocycles. The van der Waals surface area contributed by atoms with Crippen molar-refractivity contribution in [3.8, 4) is 22.6 Å². The first-order valence-electron chi connectivity index (χ1n) is 3.53. The molecule has 0 aromatic heterocycles. The van der Waals surface area contributed by atoms with Gasteiger partial charge in [0.2, 0.25) is 0 Å². The lowest BCUT2D eigenvalue weighted by Gasteiger charge is -1.89. The molecule has 0 heterocycles. The Hall–Kier alpha value is -1.51. The molecule has 13 heavy (non-hydrogen) atoms. The van der Waals surface area contributed by atoms with Gasteiger partial charge in [0.05, 0.1) is 0 Å². The van der Waals surface area contributed by atoms with Crippen molar-refractivity contribution in [3.05, 3.63) is 35.4 Å². The van der Waals surface area contributed by atoms with Gasteiger partial charge >= 0.3 is 0 Å². The molecular weight excluding hydrogens is 228 g/mol. The van der Waals surface area contributed by atoms with Crippen LogP contribution in [0, 0.1) is 22.6 Å². The van der Waals surface area contributed by atoms with E-state index in [0.29, 0.717) is 5.56 Å². The molecule has 0 spiro atoms. The van der Waals surface area contributed by atoms with E-state index in [4.69, 9.17) is 0 Å². The Bertz CT molecular complexity index is 409. The number of rotatable bonds is 1. The molecule has 0 fully saturated rings. The molecule has 1 rings (SSSR count). The molecule has 0 atom stereocenters. The topological polar surface area (TPSA) is 17.1 Å². The first-order valence-corrected chi connectivity index (χ1v) is 4.33. The van der Waals surface area contributed by atoms with Gasteiger partial charge in [0, 0.05) is 27.1 Å². The second kappa shape index (κ2) is 5.19. The molecule has 2 heteroatoms. The van der Waals surface area contributed by atoms with E-state index in [1.165, 1.54) is 0 Å². The Morgan fingerprint density at radius 2 is 1.85 bits per heavy atom. The van der Waals surface area contributed by atoms with Crippen molar-refractivity contribution >= 4 is 22.2 Å². The van der Waals surface area contributed by atoms with Crippen molar-refractivity contribution < 1.29 is 4.79 Å². The molecule has 1 aromatic rings. The minimum absolute atomic E-state index is 0.650. The molecule has 0 N–H and O–H groups in total. The van der Waals surface area contributed by atoms with Gasteiger partial charge in [-0.3, -0.25) is 4.79 Å². The van der Waals surface area contributed by atoms with Gasteiger partial charge in [-0.25, -0.2) is 0 Å². The Morgan fingerprint density at radius 3 is 2.38 bits per heavy atom. The van der Waals surface area contributed by atoms with Crippen LogP contribution in [0.1, 0.15) is 15.9 Å². The van der Waals surface area contributed by atoms with Gasteiger partial charge in [0.15, 0.2) is 0 Å². The van der Waals surface area contributed by atoms with E-state index in [2.05, 4.69) is 38.5 Å². The number of hydrogen-bond donors (Lipinski definition) is 0. The summed E-state index contributed by atoms with van der Waals surface area (Å²) < 4.78 is 0. The summed E-state index contributed by atoms with van der Waals surface area (Å²) in [7, 11) is 0. The Balaban J connectivity index is 2.86. The van der Waals surface area contributed by atoms with Crippen molar-refractivity contribution in [3.63, 3.8) is 0 Å². The first kappa shape index (κ1) is 9.58. The Kier molecular flexibility index (Phi) is 3.82. The molecule has 0 unspecified atom stereocenters. The summed E-state index contributed by atoms with van der Waals surface area (Å²) in [6.07, 6.45) is 0.801. The van der Waals surface area contributed by atoms with Gasteiger partial charge in [0.1, 0.15) is 6.29 Å². The highest BCUT2D eigenvalue weighted by molar-refractivity contribution is 9.12. The zero-order valence-electron chi connectivity index (χ0n) is 6.67. The number of carbonyl (C=O) groups excluding carboxylic acids is 1. The summed E-state index contributed by atoms with van der Waals surface area (Å²) in [6, 6.07) is 7.01. The number of carbonyl (C=O) groups is 1. The third kappa shape index (κ3) is 3.15. The van der Waals surface area contributed by atoms with Crippen LogP contribution in [0.15, 0.2) is 24.3 Å². The van der Waals surface area contributed by atoms with Crippen LogP contribution in [-0.4, -0.2) is 6.29 Å². The molecule has 0 aliphatic rings. The lowest BCUT2D eigenvalue weighted by molar-refractivity contribution is 0.112. The van der Waals surface area contributed by atoms with Crippen molar-refractivity contribution in [2.45, 2.75) is 0 Å². The van der Waals surface area contributed by atoms with E-state index < -0.39 is 0 Å². The van der Waals surface area contributed by atoms with Gasteiger partial charge in [-0.15, -0.1) is 0 Å². The average Bonchev–Trinajstić information content (AvgIpc) is 2.19. The van der Waals surface area contributed by atoms with Crippen molar-refractivity contribution in [1.82, 2.24) is 0 Å². The highest BCUT2D eigenvalue weighted by Gasteiger charge is 1.88. The van der Waals surface area contributed by atoms with E-state index in [1.54, 1.807) is 24.3 Å². The minimum atomic E-state index is 0.650. The smallest absolute Gasteiger partial charge is 0.150 e. The van der Waals surface area contributed by atoms with Crippen LogP contribution in [0.25, 0.3) is 0 Å². The summed E-state index contributed by atoms with van der Waals surface area (Å²) in [5.74, 6) is 8.03. The highest BCUT2D eigenvalue weighted by Crippen LogP contribution is 1.99. The van der Waals surface area contributed by atoms with Crippen LogP contribution in [0.5, 0.6) is 0 Å². The fourth-order valence-electron chi connectivity index (χ4n) is 0.772. The van der Waals surface area contributed by atoms with E-state index in [1.807, 2.05) is 0 Å². The predicted molar refractivity (Wildman–Crippen MR) is 55.4 cm³/mol. The molecule has 1 nitrogen and oxygen atoms in total. The van der Waals surface area contributed by atoms with Crippen LogP contribution < -0.4 is 0 Å². The van der Waals surface area contributed by atoms with E-state index in [-0.39, 0.29) is 0 Å². The lowest BCUT2D eigenvalue weighted by Crippen LogP contribution is -1.79. The Morgan fingerprint density at radius 1 is 1.15 bits per heavy atom. The Labute approximate surface area is 85.3 Å². The van der Waals surface area contributed by atoms with Crippen LogP contribution in [-0.2, 0) is 0 Å². The maximum Gasteiger partial charge on any atom is 0.150 e. The molecule has 62 valence electrons. The largest absolute Gasteiger partial charge is 0.298 e. The molecule has 0 aliphatic carbocycles. The highest BCUT2D eigenvalue weighted by atomic mass is 79.9. The number of hydrogen-bond acceptors (Lipinski definition) is 1. The standard InChI is InChI=1S/C11H5BrO/c12-8-2-1-3-10-4-6-11(9-13)7-5-10/h4-7,9H. The summed E-state index contributed by atoms with van der Waals surface area (Å²) in [6.45, 7) is 0. The van der Waals surface area contributed by atoms with Gasteiger partial charge in [0.25, 0.3) is 0 Å². The third-order valence-electron chi connectivity index (χ3n) is 1.36. The minimum Gasteiger partial charge on any atom is -0.298 e. The van der Waals surface area contributed by atoms with Crippen molar-refractivity contribution in [2.24, 2.45) is 0 Å². The average molecular weight is 233 g/mol. The molecule has 0 saturated heterocycles. The summed E-state index contributed by atoms with van der Waals surface area (Å²) in [5.41, 5.74) is 1.50. The summed E-state index contributed by atoms with van der Waals surface area (Å²) in [4.78, 5) is 12.8. The number of aldehydes is 1. The summed E-state index contributed by atoms with van der Waals surface area (Å²) >= 11 is 2.94. The maximum absolute atomic E-state index is 10.3. The quantitative estimate of drug-likeness (QED) is 0.536. The molecule has 0 amide bonds. The number of halogens is 1. The summed E-state index contributed by atoms with van der Waals surface area (Å²) in [5, 5.41) is 0. The second-order valence-electron chi connectivity index (χ2n) is 2.21. The number of benzene rings is 1. The van der Waals surface area contributed by atoms with Crippen molar-refractivity contribution in [1.29, 1.82) is 0 Å². The fraction of sp³-hybridized carbons (Fsp3) is 0. The van der Waals surface area contributed by atoms with E-state index in [9.17, 15) is 4.79 Å². The van der Waals surface area contributed by atoms with Crippen LogP contribution in [0.2, 0.25) is 0 Å². The molecular formula is C11H5BrO. The zero-order valence-corrected chi connectivity index (χ0v) is 8.26. The van der Waals surface area contributed by atoms with Gasteiger partial charge in [-0.05, 0) is 28.8 Å². The van der Waals surface area contributed by atoms with Gasteiger partial charge < -0.3 is 0 Å². The predicted octanol–water partition coefficient (Wildman–Crippen LogP) is 2.21. The van der Waals surface area contributed by atoms with E-state index >= 15 is 0 Å². The molecule has 0 bridgehead atoms. The van der Waals surface area contributed by atoms with Gasteiger partial charge in [-0.2, -0.15) is 0 Å². The van der Waals surface area contributed by atoms with Crippen LogP contribution >= 0.6 is 15.9 Å². The van der Waals surface area contributed by atoms with E-state index in [0.717, 1.165) is 11.8 Å². The fourth-order valence-corrected chi connectivity index (χ4v) is 0.871.